The molecule has 4 rings (SSSR count). The summed E-state index contributed by atoms with van der Waals surface area (Å²) in [5, 5.41) is 2.40. The Labute approximate surface area is 169 Å². The van der Waals surface area contributed by atoms with E-state index in [9.17, 15) is 13.2 Å². The zero-order chi connectivity index (χ0) is 20.8. The molecule has 8 heteroatoms. The normalized spacial score (nSPS) is 16.0. The number of benzene rings is 1. The molecular formula is C21H23N3O4S. The average Bonchev–Trinajstić information content (AvgIpc) is 3.08. The summed E-state index contributed by atoms with van der Waals surface area (Å²) in [6.07, 6.45) is 3.23. The van der Waals surface area contributed by atoms with Crippen molar-refractivity contribution in [2.24, 2.45) is 5.41 Å². The van der Waals surface area contributed by atoms with Crippen LogP contribution in [0.1, 0.15) is 32.3 Å². The average molecular weight is 413 g/mol. The van der Waals surface area contributed by atoms with Gasteiger partial charge >= 0.3 is 5.97 Å². The molecule has 1 aliphatic heterocycles. The Balaban J connectivity index is 1.52. The fraction of sp³-hybridized carbons (Fsp3) is 0.333. The summed E-state index contributed by atoms with van der Waals surface area (Å²) in [6, 6.07) is 12.0. The van der Waals surface area contributed by atoms with E-state index in [2.05, 4.69) is 4.98 Å². The Kier molecular flexibility index (Phi) is 4.71. The summed E-state index contributed by atoms with van der Waals surface area (Å²) in [5.41, 5.74) is 0.849. The lowest BCUT2D eigenvalue weighted by atomic mass is 9.94. The van der Waals surface area contributed by atoms with Crippen molar-refractivity contribution in [2.75, 3.05) is 13.1 Å². The van der Waals surface area contributed by atoms with Crippen molar-refractivity contribution in [1.82, 2.24) is 14.0 Å². The number of hydrogen-bond donors (Lipinski definition) is 0. The molecule has 7 nitrogen and oxygen atoms in total. The predicted octanol–water partition coefficient (Wildman–Crippen LogP) is 3.18. The summed E-state index contributed by atoms with van der Waals surface area (Å²) in [6.45, 7) is 6.64. The molecule has 1 aliphatic rings. The third-order valence-corrected chi connectivity index (χ3v) is 6.64. The van der Waals surface area contributed by atoms with Crippen LogP contribution in [-0.4, -0.2) is 41.5 Å². The zero-order valence-corrected chi connectivity index (χ0v) is 17.4. The van der Waals surface area contributed by atoms with Gasteiger partial charge in [0.1, 0.15) is 0 Å². The number of hydroxylamine groups is 2. The van der Waals surface area contributed by atoms with Crippen LogP contribution in [-0.2, 0) is 19.7 Å². The van der Waals surface area contributed by atoms with Crippen LogP contribution in [0.3, 0.4) is 0 Å². The molecule has 0 bridgehead atoms. The van der Waals surface area contributed by atoms with Crippen molar-refractivity contribution >= 4 is 27.0 Å². The third kappa shape index (κ3) is 3.65. The van der Waals surface area contributed by atoms with Crippen LogP contribution in [0.2, 0.25) is 0 Å². The second kappa shape index (κ2) is 6.96. The lowest BCUT2D eigenvalue weighted by molar-refractivity contribution is -0.220. The summed E-state index contributed by atoms with van der Waals surface area (Å²) in [7, 11) is -3.69. The van der Waals surface area contributed by atoms with Gasteiger partial charge in [-0.2, -0.15) is 0 Å². The van der Waals surface area contributed by atoms with E-state index >= 15 is 0 Å². The first-order chi connectivity index (χ1) is 13.7. The number of pyridine rings is 1. The molecule has 0 saturated carbocycles. The summed E-state index contributed by atoms with van der Waals surface area (Å²) in [5.74, 6) is -0.0681. The molecule has 0 unspecified atom stereocenters. The molecule has 0 radical (unpaired) electrons. The van der Waals surface area contributed by atoms with Gasteiger partial charge in [-0.25, -0.2) is 22.2 Å². The molecule has 0 aliphatic carbocycles. The second-order valence-electron chi connectivity index (χ2n) is 8.28. The summed E-state index contributed by atoms with van der Waals surface area (Å²) in [4.78, 5) is 22.0. The van der Waals surface area contributed by atoms with Crippen LogP contribution in [0.4, 0.5) is 0 Å². The maximum absolute atomic E-state index is 12.9. The minimum atomic E-state index is -3.69. The molecule has 1 fully saturated rings. The van der Waals surface area contributed by atoms with Crippen molar-refractivity contribution < 1.29 is 18.0 Å². The largest absolute Gasteiger partial charge is 0.367 e. The highest BCUT2D eigenvalue weighted by atomic mass is 32.2. The van der Waals surface area contributed by atoms with E-state index in [1.54, 1.807) is 47.7 Å². The molecular weight excluding hydrogens is 390 g/mol. The van der Waals surface area contributed by atoms with Gasteiger partial charge in [-0.3, -0.25) is 0 Å². The number of rotatable bonds is 4. The van der Waals surface area contributed by atoms with Gasteiger partial charge in [-0.15, -0.1) is 5.06 Å². The molecule has 3 heterocycles. The number of aromatic nitrogens is 2. The fourth-order valence-corrected chi connectivity index (χ4v) is 4.45. The van der Waals surface area contributed by atoms with E-state index in [0.717, 1.165) is 10.9 Å². The van der Waals surface area contributed by atoms with Crippen LogP contribution >= 0.6 is 0 Å². The number of nitrogens with zero attached hydrogens (tertiary/aromatic N) is 3. The summed E-state index contributed by atoms with van der Waals surface area (Å²) >= 11 is 0. The molecule has 29 heavy (non-hydrogen) atoms. The molecule has 3 aromatic rings. The minimum Gasteiger partial charge on any atom is -0.367 e. The Morgan fingerprint density at radius 3 is 2.48 bits per heavy atom. The topological polar surface area (TPSA) is 81.5 Å². The van der Waals surface area contributed by atoms with Gasteiger partial charge in [-0.1, -0.05) is 18.2 Å². The SMILES string of the molecule is CC(C)(C)C(=O)ON1CC(c2cnc3c(ccn3S(=O)(=O)c3ccccc3)c2)C1. The second-order valence-corrected chi connectivity index (χ2v) is 10.1. The zero-order valence-electron chi connectivity index (χ0n) is 16.6. The highest BCUT2D eigenvalue weighted by molar-refractivity contribution is 7.90. The smallest absolute Gasteiger partial charge is 0.330 e. The van der Waals surface area contributed by atoms with Gasteiger partial charge in [0.05, 0.1) is 10.3 Å². The molecule has 1 aromatic carbocycles. The molecule has 0 N–H and O–H groups in total. The molecule has 0 atom stereocenters. The van der Waals surface area contributed by atoms with Crippen LogP contribution in [0.25, 0.3) is 11.0 Å². The van der Waals surface area contributed by atoms with Crippen LogP contribution < -0.4 is 0 Å². The Morgan fingerprint density at radius 1 is 1.14 bits per heavy atom. The molecule has 2 aromatic heterocycles. The fourth-order valence-electron chi connectivity index (χ4n) is 3.12. The number of carbonyl (C=O) groups is 1. The summed E-state index contributed by atoms with van der Waals surface area (Å²) < 4.78 is 27.0. The van der Waals surface area contributed by atoms with Crippen LogP contribution in [0.15, 0.2) is 59.8 Å². The maximum Gasteiger partial charge on any atom is 0.330 e. The lowest BCUT2D eigenvalue weighted by Gasteiger charge is -2.38. The monoisotopic (exact) mass is 413 g/mol. The maximum atomic E-state index is 12.9. The van der Waals surface area contributed by atoms with Crippen LogP contribution in [0, 0.1) is 5.41 Å². The molecule has 1 saturated heterocycles. The Hall–Kier alpha value is -2.71. The van der Waals surface area contributed by atoms with E-state index in [4.69, 9.17) is 4.84 Å². The van der Waals surface area contributed by atoms with E-state index in [-0.39, 0.29) is 16.8 Å². The Bertz CT molecular complexity index is 1160. The van der Waals surface area contributed by atoms with Gasteiger partial charge in [-0.05, 0) is 50.6 Å². The first-order valence-corrected chi connectivity index (χ1v) is 10.9. The van der Waals surface area contributed by atoms with Crippen molar-refractivity contribution in [1.29, 1.82) is 0 Å². The van der Waals surface area contributed by atoms with Gasteiger partial charge in [0.2, 0.25) is 0 Å². The van der Waals surface area contributed by atoms with E-state index in [1.165, 1.54) is 10.2 Å². The van der Waals surface area contributed by atoms with E-state index in [1.807, 2.05) is 26.8 Å². The van der Waals surface area contributed by atoms with Crippen LogP contribution in [0.5, 0.6) is 0 Å². The van der Waals surface area contributed by atoms with E-state index < -0.39 is 15.4 Å². The first kappa shape index (κ1) is 19.6. The standard InChI is InChI=1S/C21H23N3O4S/c1-21(2,3)20(25)28-23-13-17(14-23)16-11-15-9-10-24(19(15)22-12-16)29(26,27)18-7-5-4-6-8-18/h4-12,17H,13-14H2,1-3H3. The van der Waals surface area contributed by atoms with Crippen molar-refractivity contribution in [3.63, 3.8) is 0 Å². The van der Waals surface area contributed by atoms with E-state index in [0.29, 0.717) is 18.7 Å². The van der Waals surface area contributed by atoms with Gasteiger partial charge in [0.15, 0.2) is 5.65 Å². The van der Waals surface area contributed by atoms with Crippen molar-refractivity contribution in [3.8, 4) is 0 Å². The van der Waals surface area contributed by atoms with Gasteiger partial charge in [0.25, 0.3) is 10.0 Å². The number of fused-ring (bicyclic) bond motifs is 1. The minimum absolute atomic E-state index is 0.189. The molecule has 0 amide bonds. The lowest BCUT2D eigenvalue weighted by Crippen LogP contribution is -2.47. The molecule has 0 spiro atoms. The predicted molar refractivity (Wildman–Crippen MR) is 109 cm³/mol. The number of hydrogen-bond acceptors (Lipinski definition) is 6. The van der Waals surface area contributed by atoms with Crippen molar-refractivity contribution in [3.05, 3.63) is 60.4 Å². The van der Waals surface area contributed by atoms with Gasteiger partial charge < -0.3 is 4.84 Å². The Morgan fingerprint density at radius 2 is 1.83 bits per heavy atom. The highest BCUT2D eigenvalue weighted by Crippen LogP contribution is 2.31. The first-order valence-electron chi connectivity index (χ1n) is 9.41. The quantitative estimate of drug-likeness (QED) is 0.653. The van der Waals surface area contributed by atoms with Crippen molar-refractivity contribution in [2.45, 2.75) is 31.6 Å². The number of carbonyl (C=O) groups excluding carboxylic acids is 1. The highest BCUT2D eigenvalue weighted by Gasteiger charge is 2.34. The molecule has 152 valence electrons. The van der Waals surface area contributed by atoms with Gasteiger partial charge in [0, 0.05) is 36.8 Å². The third-order valence-electron chi connectivity index (χ3n) is 4.96.